The lowest BCUT2D eigenvalue weighted by molar-refractivity contribution is -0.148. The largest absolute Gasteiger partial charge is 0.466 e. The quantitative estimate of drug-likeness (QED) is 0.398. The molecule has 1 aromatic heterocycles. The van der Waals surface area contributed by atoms with Gasteiger partial charge in [0.25, 0.3) is 0 Å². The number of rotatable bonds is 10. The van der Waals surface area contributed by atoms with Gasteiger partial charge in [-0.3, -0.25) is 4.79 Å². The first-order valence-corrected chi connectivity index (χ1v) is 11.4. The zero-order valence-corrected chi connectivity index (χ0v) is 19.4. The van der Waals surface area contributed by atoms with E-state index in [4.69, 9.17) is 30.6 Å². The van der Waals surface area contributed by atoms with E-state index in [2.05, 4.69) is 5.10 Å². The van der Waals surface area contributed by atoms with E-state index in [9.17, 15) is 9.59 Å². The molecule has 1 aliphatic heterocycles. The molecular weight excluding hydrogens is 460 g/mol. The fourth-order valence-corrected chi connectivity index (χ4v) is 4.31. The summed E-state index contributed by atoms with van der Waals surface area (Å²) in [6.07, 6.45) is 3.62. The molecule has 0 saturated carbocycles. The monoisotopic (exact) mass is 484 g/mol. The molecule has 2 heterocycles. The van der Waals surface area contributed by atoms with Crippen LogP contribution in [-0.2, 0) is 20.7 Å². The van der Waals surface area contributed by atoms with E-state index >= 15 is 0 Å². The summed E-state index contributed by atoms with van der Waals surface area (Å²) in [4.78, 5) is 31.8. The van der Waals surface area contributed by atoms with Crippen LogP contribution in [0.15, 0.2) is 60.9 Å². The van der Waals surface area contributed by atoms with Crippen molar-refractivity contribution in [3.05, 3.63) is 77.1 Å². The maximum Gasteiger partial charge on any atom is 0.335 e. The SMILES string of the molecule is CCOC(=O)CC(Cc1cc2c(cc1Cl)OCO2)C(CC(=O)On1cccn1)c1ccccc1. The van der Waals surface area contributed by atoms with Gasteiger partial charge in [0, 0.05) is 17.5 Å². The molecule has 0 spiro atoms. The van der Waals surface area contributed by atoms with Gasteiger partial charge in [0.05, 0.1) is 25.4 Å². The smallest absolute Gasteiger partial charge is 0.335 e. The minimum absolute atomic E-state index is 0.0378. The summed E-state index contributed by atoms with van der Waals surface area (Å²) in [5, 5.41) is 4.43. The first-order chi connectivity index (χ1) is 16.5. The molecule has 2 aromatic carbocycles. The van der Waals surface area contributed by atoms with Crippen molar-refractivity contribution in [2.75, 3.05) is 13.4 Å². The molecule has 2 atom stereocenters. The van der Waals surface area contributed by atoms with Crippen LogP contribution in [0.3, 0.4) is 0 Å². The summed E-state index contributed by atoms with van der Waals surface area (Å²) in [7, 11) is 0. The third-order valence-electron chi connectivity index (χ3n) is 5.62. The predicted octanol–water partition coefficient (Wildman–Crippen LogP) is 4.21. The molecule has 0 radical (unpaired) electrons. The number of esters is 1. The third-order valence-corrected chi connectivity index (χ3v) is 5.97. The highest BCUT2D eigenvalue weighted by Crippen LogP contribution is 2.40. The molecule has 3 aromatic rings. The van der Waals surface area contributed by atoms with Gasteiger partial charge in [-0.25, -0.2) is 4.79 Å². The summed E-state index contributed by atoms with van der Waals surface area (Å²) in [6.45, 7) is 2.17. The average molecular weight is 485 g/mol. The normalized spacial score (nSPS) is 13.8. The van der Waals surface area contributed by atoms with Crippen LogP contribution in [0, 0.1) is 5.92 Å². The number of hydrogen-bond acceptors (Lipinski definition) is 7. The van der Waals surface area contributed by atoms with Gasteiger partial charge in [-0.2, -0.15) is 0 Å². The molecule has 0 aliphatic carbocycles. The van der Waals surface area contributed by atoms with E-state index in [1.165, 1.54) is 12.4 Å². The van der Waals surface area contributed by atoms with Gasteiger partial charge in [0.1, 0.15) is 0 Å². The zero-order chi connectivity index (χ0) is 23.9. The van der Waals surface area contributed by atoms with Gasteiger partial charge in [-0.05, 0) is 48.4 Å². The second kappa shape index (κ2) is 11.1. The van der Waals surface area contributed by atoms with E-state index in [1.54, 1.807) is 19.1 Å². The first kappa shape index (κ1) is 23.6. The lowest BCUT2D eigenvalue weighted by Gasteiger charge is -2.27. The molecule has 0 bridgehead atoms. The Morgan fingerprint density at radius 2 is 1.85 bits per heavy atom. The fraction of sp³-hybridized carbons (Fsp3) is 0.320. The van der Waals surface area contributed by atoms with Crippen LogP contribution in [0.5, 0.6) is 11.5 Å². The van der Waals surface area contributed by atoms with Crippen LogP contribution < -0.4 is 14.3 Å². The minimum atomic E-state index is -0.469. The summed E-state index contributed by atoms with van der Waals surface area (Å²) in [5.74, 6) is -0.268. The van der Waals surface area contributed by atoms with Crippen molar-refractivity contribution in [1.29, 1.82) is 0 Å². The maximum absolute atomic E-state index is 12.8. The summed E-state index contributed by atoms with van der Waals surface area (Å²) < 4.78 is 16.2. The van der Waals surface area contributed by atoms with Crippen LogP contribution in [0.1, 0.15) is 36.8 Å². The molecule has 9 heteroatoms. The Balaban J connectivity index is 1.64. The molecule has 34 heavy (non-hydrogen) atoms. The van der Waals surface area contributed by atoms with Crippen LogP contribution in [0.4, 0.5) is 0 Å². The van der Waals surface area contributed by atoms with Crippen molar-refractivity contribution >= 4 is 23.5 Å². The number of carbonyl (C=O) groups excluding carboxylic acids is 2. The van der Waals surface area contributed by atoms with Crippen LogP contribution in [0.2, 0.25) is 5.02 Å². The van der Waals surface area contributed by atoms with E-state index < -0.39 is 5.97 Å². The van der Waals surface area contributed by atoms with Crippen molar-refractivity contribution in [3.63, 3.8) is 0 Å². The van der Waals surface area contributed by atoms with Gasteiger partial charge in [-0.15, -0.1) is 5.10 Å². The van der Waals surface area contributed by atoms with Crippen molar-refractivity contribution in [2.24, 2.45) is 5.92 Å². The molecule has 178 valence electrons. The fourth-order valence-electron chi connectivity index (χ4n) is 4.08. The standard InChI is InChI=1S/C25H25ClN2O6/c1-2-31-24(29)13-18(11-19-12-22-23(15-21(19)26)33-16-32-22)20(17-7-4-3-5-8-17)14-25(30)34-28-10-6-9-27-28/h3-10,12,15,18,20H,2,11,13-14,16H2,1H3. The Labute approximate surface area is 202 Å². The highest BCUT2D eigenvalue weighted by Gasteiger charge is 2.31. The third kappa shape index (κ3) is 5.88. The van der Waals surface area contributed by atoms with Gasteiger partial charge < -0.3 is 19.0 Å². The van der Waals surface area contributed by atoms with Crippen molar-refractivity contribution in [1.82, 2.24) is 9.94 Å². The molecule has 8 nitrogen and oxygen atoms in total. The molecule has 0 saturated heterocycles. The topological polar surface area (TPSA) is 88.9 Å². The van der Waals surface area contributed by atoms with Crippen molar-refractivity contribution < 1.29 is 28.6 Å². The van der Waals surface area contributed by atoms with E-state index in [0.29, 0.717) is 22.9 Å². The van der Waals surface area contributed by atoms with Gasteiger partial charge in [0.2, 0.25) is 6.79 Å². The number of nitrogens with zero attached hydrogens (tertiary/aromatic N) is 2. The van der Waals surface area contributed by atoms with Gasteiger partial charge in [-0.1, -0.05) is 46.8 Å². The Morgan fingerprint density at radius 1 is 1.09 bits per heavy atom. The van der Waals surface area contributed by atoms with E-state index in [0.717, 1.165) is 16.0 Å². The predicted molar refractivity (Wildman–Crippen MR) is 124 cm³/mol. The molecular formula is C25H25ClN2O6. The Kier molecular flexibility index (Phi) is 7.69. The maximum atomic E-state index is 12.8. The number of hydrogen-bond donors (Lipinski definition) is 0. The van der Waals surface area contributed by atoms with E-state index in [1.807, 2.05) is 36.4 Å². The van der Waals surface area contributed by atoms with Crippen molar-refractivity contribution in [3.8, 4) is 11.5 Å². The summed E-state index contributed by atoms with van der Waals surface area (Å²) in [5.41, 5.74) is 1.70. The summed E-state index contributed by atoms with van der Waals surface area (Å²) in [6, 6.07) is 14.8. The molecule has 0 N–H and O–H groups in total. The number of ether oxygens (including phenoxy) is 3. The number of halogens is 1. The van der Waals surface area contributed by atoms with Gasteiger partial charge in [0.15, 0.2) is 11.5 Å². The number of aromatic nitrogens is 2. The molecule has 0 fully saturated rings. The highest BCUT2D eigenvalue weighted by atomic mass is 35.5. The Morgan fingerprint density at radius 3 is 2.56 bits per heavy atom. The highest BCUT2D eigenvalue weighted by molar-refractivity contribution is 6.31. The molecule has 0 amide bonds. The number of carbonyl (C=O) groups is 2. The second-order valence-corrected chi connectivity index (χ2v) is 8.27. The van der Waals surface area contributed by atoms with Crippen LogP contribution in [0.25, 0.3) is 0 Å². The molecule has 1 aliphatic rings. The second-order valence-electron chi connectivity index (χ2n) is 7.86. The Hall–Kier alpha value is -3.52. The van der Waals surface area contributed by atoms with Crippen molar-refractivity contribution in [2.45, 2.75) is 32.1 Å². The number of benzene rings is 2. The minimum Gasteiger partial charge on any atom is -0.466 e. The molecule has 2 unspecified atom stereocenters. The Bertz CT molecular complexity index is 1120. The van der Waals surface area contributed by atoms with Crippen LogP contribution >= 0.6 is 11.6 Å². The van der Waals surface area contributed by atoms with Gasteiger partial charge >= 0.3 is 11.9 Å². The van der Waals surface area contributed by atoms with Crippen LogP contribution in [-0.4, -0.2) is 35.3 Å². The lowest BCUT2D eigenvalue weighted by Crippen LogP contribution is -2.27. The summed E-state index contributed by atoms with van der Waals surface area (Å²) >= 11 is 6.55. The lowest BCUT2D eigenvalue weighted by atomic mass is 9.78. The number of fused-ring (bicyclic) bond motifs is 1. The molecule has 4 rings (SSSR count). The first-order valence-electron chi connectivity index (χ1n) is 11.0. The van der Waals surface area contributed by atoms with E-state index in [-0.39, 0.29) is 44.0 Å². The average Bonchev–Trinajstić information content (AvgIpc) is 3.50. The zero-order valence-electron chi connectivity index (χ0n) is 18.7.